The summed E-state index contributed by atoms with van der Waals surface area (Å²) < 4.78 is 33.7. The van der Waals surface area contributed by atoms with Crippen LogP contribution in [0, 0.1) is 0 Å². The number of methoxy groups -OCH3 is 1. The maximum absolute atomic E-state index is 12.9. The topological polar surface area (TPSA) is 84.5 Å². The Bertz CT molecular complexity index is 923. The van der Waals surface area contributed by atoms with Gasteiger partial charge in [0.1, 0.15) is 10.6 Å². The minimum absolute atomic E-state index is 0.0121. The first-order chi connectivity index (χ1) is 13.4. The van der Waals surface area contributed by atoms with E-state index in [1.807, 2.05) is 37.3 Å². The van der Waals surface area contributed by atoms with E-state index in [0.29, 0.717) is 0 Å². The van der Waals surface area contributed by atoms with E-state index in [0.717, 1.165) is 31.2 Å². The van der Waals surface area contributed by atoms with Crippen molar-refractivity contribution >= 4 is 15.9 Å². The Hall–Kier alpha value is -2.38. The molecule has 7 heteroatoms. The second kappa shape index (κ2) is 8.75. The van der Waals surface area contributed by atoms with Crippen molar-refractivity contribution in [1.82, 2.24) is 10.0 Å². The molecule has 1 fully saturated rings. The number of benzene rings is 2. The van der Waals surface area contributed by atoms with E-state index in [1.54, 1.807) is 6.07 Å². The zero-order valence-corrected chi connectivity index (χ0v) is 17.0. The lowest BCUT2D eigenvalue weighted by Crippen LogP contribution is -2.33. The van der Waals surface area contributed by atoms with E-state index in [-0.39, 0.29) is 34.2 Å². The molecule has 1 amide bonds. The van der Waals surface area contributed by atoms with Crippen LogP contribution in [-0.4, -0.2) is 27.5 Å². The zero-order valence-electron chi connectivity index (χ0n) is 16.1. The number of carbonyl (C=O) groups excluding carboxylic acids is 1. The minimum Gasteiger partial charge on any atom is -0.495 e. The van der Waals surface area contributed by atoms with Crippen LogP contribution < -0.4 is 14.8 Å². The van der Waals surface area contributed by atoms with Crippen molar-refractivity contribution in [2.24, 2.45) is 0 Å². The van der Waals surface area contributed by atoms with Crippen LogP contribution in [0.2, 0.25) is 0 Å². The van der Waals surface area contributed by atoms with Gasteiger partial charge in [-0.25, -0.2) is 13.1 Å². The largest absolute Gasteiger partial charge is 0.495 e. The third-order valence-corrected chi connectivity index (χ3v) is 6.58. The molecule has 150 valence electrons. The molecule has 0 saturated heterocycles. The molecule has 6 nitrogen and oxygen atoms in total. The van der Waals surface area contributed by atoms with Crippen molar-refractivity contribution < 1.29 is 17.9 Å². The van der Waals surface area contributed by atoms with Gasteiger partial charge in [0.05, 0.1) is 13.2 Å². The van der Waals surface area contributed by atoms with Crippen LogP contribution in [0.15, 0.2) is 53.4 Å². The predicted octanol–water partition coefficient (Wildman–Crippen LogP) is 3.41. The average Bonchev–Trinajstić information content (AvgIpc) is 3.20. The second-order valence-corrected chi connectivity index (χ2v) is 8.76. The summed E-state index contributed by atoms with van der Waals surface area (Å²) in [7, 11) is -2.36. The Balaban J connectivity index is 1.82. The molecule has 1 atom stereocenters. The van der Waals surface area contributed by atoms with Crippen LogP contribution in [0.25, 0.3) is 0 Å². The van der Waals surface area contributed by atoms with E-state index in [4.69, 9.17) is 4.74 Å². The molecule has 0 heterocycles. The SMILES string of the molecule is COc1ccc(C(=O)NC(C)c2ccccc2)cc1S(=O)(=O)NC1CCCC1. The first kappa shape index (κ1) is 20.4. The maximum atomic E-state index is 12.9. The predicted molar refractivity (Wildman–Crippen MR) is 108 cm³/mol. The molecule has 1 aliphatic rings. The molecule has 3 rings (SSSR count). The van der Waals surface area contributed by atoms with Gasteiger partial charge in [-0.05, 0) is 43.5 Å². The first-order valence-electron chi connectivity index (χ1n) is 9.47. The molecule has 28 heavy (non-hydrogen) atoms. The molecule has 1 aliphatic carbocycles. The summed E-state index contributed by atoms with van der Waals surface area (Å²) in [5.74, 6) is -0.116. The minimum atomic E-state index is -3.78. The fourth-order valence-electron chi connectivity index (χ4n) is 3.46. The third-order valence-electron chi connectivity index (χ3n) is 5.04. The van der Waals surface area contributed by atoms with Crippen molar-refractivity contribution in [3.63, 3.8) is 0 Å². The highest BCUT2D eigenvalue weighted by molar-refractivity contribution is 7.89. The first-order valence-corrected chi connectivity index (χ1v) is 10.9. The molecule has 2 N–H and O–H groups in total. The van der Waals surface area contributed by atoms with Gasteiger partial charge < -0.3 is 10.1 Å². The second-order valence-electron chi connectivity index (χ2n) is 7.07. The van der Waals surface area contributed by atoms with Gasteiger partial charge in [-0.3, -0.25) is 4.79 Å². The molecule has 0 aliphatic heterocycles. The summed E-state index contributed by atoms with van der Waals surface area (Å²) in [6.07, 6.45) is 3.70. The van der Waals surface area contributed by atoms with Crippen LogP contribution >= 0.6 is 0 Å². The Morgan fingerprint density at radius 2 is 1.79 bits per heavy atom. The van der Waals surface area contributed by atoms with Gasteiger partial charge in [-0.15, -0.1) is 0 Å². The number of amides is 1. The number of sulfonamides is 1. The van der Waals surface area contributed by atoms with Gasteiger partial charge in [0.15, 0.2) is 0 Å². The zero-order chi connectivity index (χ0) is 20.1. The third kappa shape index (κ3) is 4.72. The van der Waals surface area contributed by atoms with Crippen LogP contribution in [-0.2, 0) is 10.0 Å². The van der Waals surface area contributed by atoms with E-state index in [2.05, 4.69) is 10.0 Å². The van der Waals surface area contributed by atoms with Crippen LogP contribution in [0.1, 0.15) is 54.6 Å². The lowest BCUT2D eigenvalue weighted by Gasteiger charge is -2.17. The van der Waals surface area contributed by atoms with E-state index >= 15 is 0 Å². The fourth-order valence-corrected chi connectivity index (χ4v) is 4.96. The van der Waals surface area contributed by atoms with Crippen LogP contribution in [0.4, 0.5) is 0 Å². The summed E-state index contributed by atoms with van der Waals surface area (Å²) in [5, 5.41) is 2.91. The number of ether oxygens (including phenoxy) is 1. The van der Waals surface area contributed by atoms with Gasteiger partial charge in [-0.2, -0.15) is 0 Å². The molecule has 1 saturated carbocycles. The van der Waals surface area contributed by atoms with Gasteiger partial charge in [0, 0.05) is 11.6 Å². The molecular formula is C21H26N2O4S. The Morgan fingerprint density at radius 1 is 1.11 bits per heavy atom. The van der Waals surface area contributed by atoms with Crippen molar-refractivity contribution in [3.8, 4) is 5.75 Å². The highest BCUT2D eigenvalue weighted by Crippen LogP contribution is 2.27. The average molecular weight is 403 g/mol. The number of nitrogens with one attached hydrogen (secondary N) is 2. The summed E-state index contributed by atoms with van der Waals surface area (Å²) in [6.45, 7) is 1.88. The fraction of sp³-hybridized carbons (Fsp3) is 0.381. The maximum Gasteiger partial charge on any atom is 0.251 e. The summed E-state index contributed by atoms with van der Waals surface area (Å²) in [5.41, 5.74) is 1.25. The van der Waals surface area contributed by atoms with Gasteiger partial charge in [0.25, 0.3) is 5.91 Å². The summed E-state index contributed by atoms with van der Waals surface area (Å²) >= 11 is 0. The molecule has 0 radical (unpaired) electrons. The van der Waals surface area contributed by atoms with Crippen LogP contribution in [0.3, 0.4) is 0 Å². The smallest absolute Gasteiger partial charge is 0.251 e. The van der Waals surface area contributed by atoms with Gasteiger partial charge in [0.2, 0.25) is 10.0 Å². The molecule has 1 unspecified atom stereocenters. The highest BCUT2D eigenvalue weighted by atomic mass is 32.2. The van der Waals surface area contributed by atoms with Crippen molar-refractivity contribution in [3.05, 3.63) is 59.7 Å². The molecule has 0 spiro atoms. The van der Waals surface area contributed by atoms with Crippen LogP contribution in [0.5, 0.6) is 5.75 Å². The van der Waals surface area contributed by atoms with E-state index in [9.17, 15) is 13.2 Å². The molecule has 0 aromatic heterocycles. The normalized spacial score (nSPS) is 15.9. The summed E-state index contributed by atoms with van der Waals surface area (Å²) in [4.78, 5) is 12.7. The molecule has 0 bridgehead atoms. The lowest BCUT2D eigenvalue weighted by molar-refractivity contribution is 0.0939. The highest BCUT2D eigenvalue weighted by Gasteiger charge is 2.26. The van der Waals surface area contributed by atoms with Crippen molar-refractivity contribution in [1.29, 1.82) is 0 Å². The van der Waals surface area contributed by atoms with Crippen molar-refractivity contribution in [2.75, 3.05) is 7.11 Å². The Kier molecular flexibility index (Phi) is 6.36. The number of hydrogen-bond donors (Lipinski definition) is 2. The van der Waals surface area contributed by atoms with Gasteiger partial charge >= 0.3 is 0 Å². The monoisotopic (exact) mass is 402 g/mol. The number of hydrogen-bond acceptors (Lipinski definition) is 4. The standard InChI is InChI=1S/C21H26N2O4S/c1-15(16-8-4-3-5-9-16)22-21(24)17-12-13-19(27-2)20(14-17)28(25,26)23-18-10-6-7-11-18/h3-5,8-9,12-15,18,23H,6-7,10-11H2,1-2H3,(H,22,24). The van der Waals surface area contributed by atoms with E-state index < -0.39 is 10.0 Å². The molecule has 2 aromatic rings. The lowest BCUT2D eigenvalue weighted by atomic mass is 10.1. The van der Waals surface area contributed by atoms with E-state index in [1.165, 1.54) is 19.2 Å². The summed E-state index contributed by atoms with van der Waals surface area (Å²) in [6, 6.07) is 13.8. The number of rotatable bonds is 7. The number of carbonyl (C=O) groups is 1. The quantitative estimate of drug-likeness (QED) is 0.743. The van der Waals surface area contributed by atoms with Gasteiger partial charge in [-0.1, -0.05) is 43.2 Å². The van der Waals surface area contributed by atoms with Crippen molar-refractivity contribution in [2.45, 2.75) is 49.6 Å². The molecular weight excluding hydrogens is 376 g/mol. The Morgan fingerprint density at radius 3 is 2.43 bits per heavy atom. The molecule has 2 aromatic carbocycles. The Labute approximate surface area is 166 Å².